The van der Waals surface area contributed by atoms with E-state index in [1.165, 1.54) is 44.5 Å². The first-order valence-corrected chi connectivity index (χ1v) is 41.7. The third-order valence-corrected chi connectivity index (χ3v) is 23.0. The maximum absolute atomic E-state index is 12.1. The van der Waals surface area contributed by atoms with E-state index in [1.54, 1.807) is 24.3 Å². The van der Waals surface area contributed by atoms with Crippen molar-refractivity contribution in [2.75, 3.05) is 14.7 Å². The molecule has 5 heterocycles. The van der Waals surface area contributed by atoms with Crippen LogP contribution in [0.5, 0.6) is 0 Å². The van der Waals surface area contributed by atoms with Crippen molar-refractivity contribution in [2.45, 2.75) is 209 Å². The standard InChI is InChI=1S/C109H117N7O2/c1-102(2,3)73-30-38-81(39-31-73)114(82-40-32-74(33-41-82)103(4,5)6)85-46-50-87(51-47-85)116(88-52-48-86(49-53-88)115(83-42-34-75(35-43-83)104(7,8)9)84-44-36-76(37-45-84)105(10,11)12)100-96-61-59-94(112-96)98(71-63-77(106(13,14)15)67-78(64-71)107(16,17)18)92-57-55-90(110-92)89(54-27-69-25-28-70(29-26-69)101(117)118)91-56-58-93(111-91)99(95-60-62-97(100)113-95)72-65-79(108(19,20)21)68-80(66-72)109(22,23)24/h25-26,28-53,55-68,110,113H,1-24H3,(H,117,118). The zero-order valence-corrected chi connectivity index (χ0v) is 73.8. The van der Waals surface area contributed by atoms with Gasteiger partial charge in [-0.05, 0) is 269 Å². The molecule has 600 valence electrons. The highest BCUT2D eigenvalue weighted by Crippen LogP contribution is 2.48. The monoisotopic (exact) mass is 1560 g/mol. The first-order valence-electron chi connectivity index (χ1n) is 41.7. The van der Waals surface area contributed by atoms with E-state index in [0.717, 1.165) is 113 Å². The van der Waals surface area contributed by atoms with E-state index in [2.05, 4.69) is 433 Å². The second-order valence-corrected chi connectivity index (χ2v) is 40.4. The van der Waals surface area contributed by atoms with Gasteiger partial charge in [0.25, 0.3) is 0 Å². The molecule has 9 nitrogen and oxygen atoms in total. The summed E-state index contributed by atoms with van der Waals surface area (Å²) in [5.41, 5.74) is 29.4. The molecule has 8 bridgehead atoms. The van der Waals surface area contributed by atoms with Gasteiger partial charge in [0.2, 0.25) is 0 Å². The van der Waals surface area contributed by atoms with Gasteiger partial charge in [0.05, 0.1) is 50.6 Å². The third-order valence-electron chi connectivity index (χ3n) is 23.0. The first kappa shape index (κ1) is 82.5. The second-order valence-electron chi connectivity index (χ2n) is 40.4. The highest BCUT2D eigenvalue weighted by Gasteiger charge is 2.30. The minimum Gasteiger partial charge on any atom is -0.478 e. The van der Waals surface area contributed by atoms with Crippen LogP contribution < -0.4 is 14.7 Å². The minimum absolute atomic E-state index is 0.0371. The fourth-order valence-electron chi connectivity index (χ4n) is 15.5. The lowest BCUT2D eigenvalue weighted by atomic mass is 9.78. The van der Waals surface area contributed by atoms with Crippen LogP contribution in [0.2, 0.25) is 0 Å². The Morgan fingerprint density at radius 2 is 0.542 bits per heavy atom. The molecule has 9 heteroatoms. The van der Waals surface area contributed by atoms with Crippen LogP contribution in [0.3, 0.4) is 0 Å². The van der Waals surface area contributed by atoms with Crippen LogP contribution in [-0.2, 0) is 43.3 Å². The fourth-order valence-corrected chi connectivity index (χ4v) is 15.5. The molecular weight excluding hydrogens is 1440 g/mol. The van der Waals surface area contributed by atoms with E-state index in [1.807, 2.05) is 0 Å². The summed E-state index contributed by atoms with van der Waals surface area (Å²) in [6, 6.07) is 84.1. The first-order chi connectivity index (χ1) is 55.3. The lowest BCUT2D eigenvalue weighted by Gasteiger charge is -2.30. The van der Waals surface area contributed by atoms with Crippen LogP contribution >= 0.6 is 0 Å². The molecule has 0 spiro atoms. The number of carbonyl (C=O) groups is 1. The van der Waals surface area contributed by atoms with E-state index in [4.69, 9.17) is 9.97 Å². The summed E-state index contributed by atoms with van der Waals surface area (Å²) in [6.45, 7) is 54.7. The highest BCUT2D eigenvalue weighted by molar-refractivity contribution is 6.01. The molecule has 0 atom stereocenters. The van der Waals surface area contributed by atoms with E-state index >= 15 is 0 Å². The molecule has 0 amide bonds. The largest absolute Gasteiger partial charge is 0.478 e. The molecule has 118 heavy (non-hydrogen) atoms. The van der Waals surface area contributed by atoms with E-state index in [0.29, 0.717) is 16.8 Å². The number of anilines is 9. The van der Waals surface area contributed by atoms with Gasteiger partial charge in [0.15, 0.2) is 0 Å². The number of aromatic carboxylic acids is 1. The molecule has 3 aromatic heterocycles. The molecular formula is C109H117N7O2. The topological polar surface area (TPSA) is 104 Å². The van der Waals surface area contributed by atoms with Gasteiger partial charge in [-0.15, -0.1) is 0 Å². The number of carboxylic acid groups (broad SMARTS) is 1. The van der Waals surface area contributed by atoms with Crippen molar-refractivity contribution in [2.24, 2.45) is 0 Å². The zero-order valence-electron chi connectivity index (χ0n) is 73.8. The normalized spacial score (nSPS) is 12.8. The van der Waals surface area contributed by atoms with Crippen LogP contribution in [-0.4, -0.2) is 31.0 Å². The Labute approximate surface area is 701 Å². The van der Waals surface area contributed by atoms with Crippen LogP contribution in [0.4, 0.5) is 51.2 Å². The van der Waals surface area contributed by atoms with Crippen LogP contribution in [0.25, 0.3) is 68.6 Å². The second kappa shape index (κ2) is 30.8. The van der Waals surface area contributed by atoms with E-state index in [-0.39, 0.29) is 48.9 Å². The van der Waals surface area contributed by atoms with E-state index < -0.39 is 5.97 Å². The summed E-state index contributed by atoms with van der Waals surface area (Å²) in [6.07, 6.45) is 8.61. The van der Waals surface area contributed by atoms with Gasteiger partial charge < -0.3 is 29.8 Å². The van der Waals surface area contributed by atoms with Crippen molar-refractivity contribution in [1.82, 2.24) is 19.9 Å². The van der Waals surface area contributed by atoms with Gasteiger partial charge in [0.1, 0.15) is 0 Å². The summed E-state index contributed by atoms with van der Waals surface area (Å²) in [5, 5.41) is 9.94. The summed E-state index contributed by atoms with van der Waals surface area (Å²) >= 11 is 0. The molecule has 0 unspecified atom stereocenters. The molecule has 0 saturated heterocycles. The Morgan fingerprint density at radius 3 is 0.856 bits per heavy atom. The SMILES string of the molecule is CC(C)(C)c1ccc(N(c2ccc(N(c3ccc(N(c4ccc(C(C)(C)C)cc4)c4ccc(C(C)(C)C)cc4)cc3)c3c4nc(c(-c5cc(C(C)(C)C)cc(C(C)(C)C)c5)c5ccc([nH]5)c(C#Cc5ccc(C(=O)O)cc5)c5nc(c(-c6cc(C(C)(C)C)cc(C(C)(C)C)c6)c6ccc3[nH]6)C=C5)C=C4)cc2)c2ccc(C(C)(C)C)cc2)cc1. The predicted octanol–water partition coefficient (Wildman–Crippen LogP) is 29.9. The molecule has 0 saturated carbocycles. The van der Waals surface area contributed by atoms with Crippen molar-refractivity contribution in [3.05, 3.63) is 314 Å². The quantitative estimate of drug-likeness (QED) is 0.105. The van der Waals surface area contributed by atoms with Crippen LogP contribution in [0.1, 0.15) is 255 Å². The van der Waals surface area contributed by atoms with Gasteiger partial charge in [-0.2, -0.15) is 0 Å². The Morgan fingerprint density at radius 1 is 0.280 bits per heavy atom. The van der Waals surface area contributed by atoms with Crippen molar-refractivity contribution in [3.8, 4) is 34.1 Å². The number of aromatic nitrogens is 4. The number of carboxylic acids is 1. The zero-order chi connectivity index (χ0) is 84.7. The Kier molecular flexibility index (Phi) is 21.6. The van der Waals surface area contributed by atoms with Gasteiger partial charge >= 0.3 is 5.97 Å². The van der Waals surface area contributed by atoms with Gasteiger partial charge in [-0.1, -0.05) is 263 Å². The molecule has 2 aliphatic rings. The summed E-state index contributed by atoms with van der Waals surface area (Å²) in [7, 11) is 0. The molecule has 14 rings (SSSR count). The molecule has 3 N–H and O–H groups in total. The molecule has 2 aliphatic heterocycles. The Hall–Kier alpha value is -12.0. The number of hydrogen-bond acceptors (Lipinski definition) is 6. The number of nitrogens with one attached hydrogen (secondary N) is 2. The Bertz CT molecular complexity index is 5680. The maximum Gasteiger partial charge on any atom is 0.335 e. The average molecular weight is 1560 g/mol. The molecule has 0 aliphatic carbocycles. The smallest absolute Gasteiger partial charge is 0.335 e. The predicted molar refractivity (Wildman–Crippen MR) is 503 cm³/mol. The number of benzene rings is 9. The molecule has 0 radical (unpaired) electrons. The van der Waals surface area contributed by atoms with Crippen molar-refractivity contribution >= 4 is 104 Å². The van der Waals surface area contributed by atoms with Crippen molar-refractivity contribution < 1.29 is 9.90 Å². The van der Waals surface area contributed by atoms with Crippen LogP contribution in [0.15, 0.2) is 231 Å². The van der Waals surface area contributed by atoms with Crippen LogP contribution in [0, 0.1) is 11.8 Å². The molecule has 0 fully saturated rings. The number of aromatic amines is 2. The number of fused-ring (bicyclic) bond motifs is 8. The van der Waals surface area contributed by atoms with Gasteiger partial charge in [-0.25, -0.2) is 14.8 Å². The summed E-state index contributed by atoms with van der Waals surface area (Å²) < 4.78 is 0. The number of rotatable bonds is 12. The number of H-pyrrole nitrogens is 2. The maximum atomic E-state index is 12.1. The summed E-state index contributed by atoms with van der Waals surface area (Å²) in [5.74, 6) is 6.05. The molecule has 9 aromatic carbocycles. The summed E-state index contributed by atoms with van der Waals surface area (Å²) in [4.78, 5) is 39.3. The fraction of sp³-hybridized carbons (Fsp3) is 0.294. The van der Waals surface area contributed by atoms with Gasteiger partial charge in [-0.3, -0.25) is 0 Å². The highest BCUT2D eigenvalue weighted by atomic mass is 16.4. The Balaban J connectivity index is 1.11. The van der Waals surface area contributed by atoms with Crippen molar-refractivity contribution in [3.63, 3.8) is 0 Å². The lowest BCUT2D eigenvalue weighted by molar-refractivity contribution is 0.0696. The molecule has 12 aromatic rings. The van der Waals surface area contributed by atoms with E-state index in [9.17, 15) is 9.90 Å². The minimum atomic E-state index is -0.995. The van der Waals surface area contributed by atoms with Crippen molar-refractivity contribution in [1.29, 1.82) is 0 Å². The third kappa shape index (κ3) is 17.5. The number of hydrogen-bond donors (Lipinski definition) is 3. The number of nitrogens with zero attached hydrogens (tertiary/aromatic N) is 5. The van der Waals surface area contributed by atoms with Gasteiger partial charge in [0, 0.05) is 73.2 Å². The average Bonchev–Trinajstić information content (AvgIpc) is 1.58. The lowest BCUT2D eigenvalue weighted by Crippen LogP contribution is -2.16.